The molecular weight excluding hydrogens is 132 g/mol. The maximum Gasteiger partial charge on any atom is 0.111 e. The third kappa shape index (κ3) is 3.15. The number of hydrogen-bond acceptors (Lipinski definition) is 3. The van der Waals surface area contributed by atoms with Crippen molar-refractivity contribution in [2.45, 2.75) is 32.5 Å². The van der Waals surface area contributed by atoms with E-state index in [9.17, 15) is 0 Å². The van der Waals surface area contributed by atoms with Gasteiger partial charge in [0.05, 0.1) is 12.7 Å². The number of rotatable bonds is 5. The topological polar surface area (TPSA) is 31.0 Å². The minimum atomic E-state index is 0.193. The molecule has 3 nitrogen and oxygen atoms in total. The van der Waals surface area contributed by atoms with Crippen LogP contribution in [-0.4, -0.2) is 25.4 Å². The van der Waals surface area contributed by atoms with Crippen molar-refractivity contribution >= 4 is 0 Å². The van der Waals surface area contributed by atoms with Crippen molar-refractivity contribution in [1.82, 2.24) is 0 Å². The number of ether oxygens (including phenoxy) is 1. The van der Waals surface area contributed by atoms with Crippen LogP contribution in [0.1, 0.15) is 20.3 Å². The molecule has 3 heteroatoms. The lowest BCUT2D eigenvalue weighted by atomic mass is 10.3. The predicted molar refractivity (Wildman–Crippen MR) is 36.5 cm³/mol. The fraction of sp³-hybridized carbons (Fsp3) is 1.00. The molecule has 0 aliphatic carbocycles. The van der Waals surface area contributed by atoms with Gasteiger partial charge in [-0.2, -0.15) is 0 Å². The summed E-state index contributed by atoms with van der Waals surface area (Å²) in [6, 6.07) is 0. The van der Waals surface area contributed by atoms with Gasteiger partial charge in [0.15, 0.2) is 0 Å². The second-order valence-corrected chi connectivity index (χ2v) is 2.55. The van der Waals surface area contributed by atoms with Gasteiger partial charge in [0.1, 0.15) is 12.7 Å². The van der Waals surface area contributed by atoms with E-state index in [0.717, 1.165) is 13.0 Å². The molecule has 0 aromatic carbocycles. The Labute approximate surface area is 61.2 Å². The molecule has 0 aromatic heterocycles. The van der Waals surface area contributed by atoms with Gasteiger partial charge in [0.2, 0.25) is 0 Å². The molecule has 1 aliphatic heterocycles. The Bertz CT molecular complexity index is 90.9. The normalized spacial score (nSPS) is 26.4. The fourth-order valence-electron chi connectivity index (χ4n) is 0.464. The second kappa shape index (κ2) is 3.91. The van der Waals surface area contributed by atoms with E-state index in [-0.39, 0.29) is 6.10 Å². The zero-order valence-corrected chi connectivity index (χ0v) is 6.50. The lowest BCUT2D eigenvalue weighted by Crippen LogP contribution is -2.10. The molecule has 0 saturated carbocycles. The summed E-state index contributed by atoms with van der Waals surface area (Å²) in [6.45, 7) is 5.43. The first-order valence-corrected chi connectivity index (χ1v) is 3.72. The molecule has 60 valence electrons. The molecule has 2 unspecified atom stereocenters. The van der Waals surface area contributed by atoms with E-state index in [2.05, 4.69) is 6.92 Å². The van der Waals surface area contributed by atoms with E-state index in [0.29, 0.717) is 12.7 Å². The smallest absolute Gasteiger partial charge is 0.111 e. The summed E-state index contributed by atoms with van der Waals surface area (Å²) in [6.07, 6.45) is 1.47. The summed E-state index contributed by atoms with van der Waals surface area (Å²) in [7, 11) is 0. The predicted octanol–water partition coefficient (Wildman–Crippen LogP) is 1.13. The van der Waals surface area contributed by atoms with Gasteiger partial charge < -0.3 is 4.74 Å². The lowest BCUT2D eigenvalue weighted by Gasteiger charge is -2.07. The zero-order chi connectivity index (χ0) is 7.40. The monoisotopic (exact) mass is 146 g/mol. The molecule has 0 radical (unpaired) electrons. The zero-order valence-electron chi connectivity index (χ0n) is 6.50. The van der Waals surface area contributed by atoms with Gasteiger partial charge >= 0.3 is 0 Å². The Morgan fingerprint density at radius 2 is 2.40 bits per heavy atom. The van der Waals surface area contributed by atoms with Crippen LogP contribution in [0.4, 0.5) is 0 Å². The maximum atomic E-state index is 4.96. The van der Waals surface area contributed by atoms with Crippen molar-refractivity contribution in [3.63, 3.8) is 0 Å². The van der Waals surface area contributed by atoms with Gasteiger partial charge in [-0.05, 0) is 13.3 Å². The van der Waals surface area contributed by atoms with Crippen LogP contribution < -0.4 is 0 Å². The van der Waals surface area contributed by atoms with Crippen LogP contribution in [0, 0.1) is 0 Å². The van der Waals surface area contributed by atoms with Crippen molar-refractivity contribution < 1.29 is 14.5 Å². The molecule has 10 heavy (non-hydrogen) atoms. The van der Waals surface area contributed by atoms with Gasteiger partial charge in [-0.25, -0.2) is 9.78 Å². The second-order valence-electron chi connectivity index (χ2n) is 2.55. The SMILES string of the molecule is CCC(C)OOCC1CO1. The third-order valence-electron chi connectivity index (χ3n) is 1.46. The molecule has 0 amide bonds. The summed E-state index contributed by atoms with van der Waals surface area (Å²) < 4.78 is 4.92. The van der Waals surface area contributed by atoms with E-state index >= 15 is 0 Å². The van der Waals surface area contributed by atoms with Crippen molar-refractivity contribution in [3.8, 4) is 0 Å². The maximum absolute atomic E-state index is 4.96. The highest BCUT2D eigenvalue weighted by Gasteiger charge is 2.23. The van der Waals surface area contributed by atoms with Crippen molar-refractivity contribution in [2.75, 3.05) is 13.2 Å². The van der Waals surface area contributed by atoms with Gasteiger partial charge in [-0.3, -0.25) is 0 Å². The number of epoxide rings is 1. The summed E-state index contributed by atoms with van der Waals surface area (Å²) in [4.78, 5) is 9.85. The standard InChI is InChI=1S/C7H14O3/c1-3-6(2)10-9-5-7-4-8-7/h6-7H,3-5H2,1-2H3. The Balaban J connectivity index is 1.83. The Kier molecular flexibility index (Phi) is 3.12. The molecular formula is C7H14O3. The van der Waals surface area contributed by atoms with Gasteiger partial charge in [0, 0.05) is 0 Å². The quantitative estimate of drug-likeness (QED) is 0.331. The minimum Gasteiger partial charge on any atom is -0.370 e. The lowest BCUT2D eigenvalue weighted by molar-refractivity contribution is -0.322. The van der Waals surface area contributed by atoms with Crippen LogP contribution in [-0.2, 0) is 14.5 Å². The van der Waals surface area contributed by atoms with Gasteiger partial charge in [0.25, 0.3) is 0 Å². The summed E-state index contributed by atoms with van der Waals surface area (Å²) in [5.74, 6) is 0. The van der Waals surface area contributed by atoms with Crippen LogP contribution in [0.2, 0.25) is 0 Å². The minimum absolute atomic E-state index is 0.193. The largest absolute Gasteiger partial charge is 0.370 e. The molecule has 0 spiro atoms. The Morgan fingerprint density at radius 3 is 2.90 bits per heavy atom. The Hall–Kier alpha value is -0.120. The van der Waals surface area contributed by atoms with Crippen molar-refractivity contribution in [2.24, 2.45) is 0 Å². The van der Waals surface area contributed by atoms with E-state index in [4.69, 9.17) is 14.5 Å². The summed E-state index contributed by atoms with van der Waals surface area (Å²) in [5.41, 5.74) is 0. The Morgan fingerprint density at radius 1 is 1.70 bits per heavy atom. The highest BCUT2D eigenvalue weighted by molar-refractivity contribution is 4.66. The number of hydrogen-bond donors (Lipinski definition) is 0. The van der Waals surface area contributed by atoms with Crippen LogP contribution in [0.5, 0.6) is 0 Å². The first kappa shape index (κ1) is 7.98. The molecule has 1 fully saturated rings. The van der Waals surface area contributed by atoms with E-state index in [1.807, 2.05) is 6.92 Å². The first-order chi connectivity index (χ1) is 4.83. The van der Waals surface area contributed by atoms with Crippen molar-refractivity contribution in [3.05, 3.63) is 0 Å². The molecule has 2 atom stereocenters. The molecule has 1 saturated heterocycles. The van der Waals surface area contributed by atoms with Crippen LogP contribution >= 0.6 is 0 Å². The van der Waals surface area contributed by atoms with Gasteiger partial charge in [-0.15, -0.1) is 0 Å². The molecule has 0 aromatic rings. The van der Waals surface area contributed by atoms with E-state index in [1.54, 1.807) is 0 Å². The van der Waals surface area contributed by atoms with Crippen LogP contribution in [0.15, 0.2) is 0 Å². The molecule has 1 heterocycles. The highest BCUT2D eigenvalue weighted by Crippen LogP contribution is 2.09. The molecule has 0 bridgehead atoms. The van der Waals surface area contributed by atoms with Gasteiger partial charge in [-0.1, -0.05) is 6.92 Å². The fourth-order valence-corrected chi connectivity index (χ4v) is 0.464. The molecule has 1 aliphatic rings. The highest BCUT2D eigenvalue weighted by atomic mass is 17.2. The average Bonchev–Trinajstić information content (AvgIpc) is 2.71. The molecule has 1 rings (SSSR count). The van der Waals surface area contributed by atoms with Crippen LogP contribution in [0.3, 0.4) is 0 Å². The first-order valence-electron chi connectivity index (χ1n) is 3.72. The third-order valence-corrected chi connectivity index (χ3v) is 1.46. The summed E-state index contributed by atoms with van der Waals surface area (Å²) in [5, 5.41) is 0. The van der Waals surface area contributed by atoms with E-state index < -0.39 is 0 Å². The summed E-state index contributed by atoms with van der Waals surface area (Å²) >= 11 is 0. The molecule has 0 N–H and O–H groups in total. The van der Waals surface area contributed by atoms with E-state index in [1.165, 1.54) is 0 Å². The van der Waals surface area contributed by atoms with Crippen molar-refractivity contribution in [1.29, 1.82) is 0 Å². The van der Waals surface area contributed by atoms with Crippen LogP contribution in [0.25, 0.3) is 0 Å². The average molecular weight is 146 g/mol.